The molecule has 0 saturated heterocycles. The van der Waals surface area contributed by atoms with E-state index in [9.17, 15) is 0 Å². The fourth-order valence-corrected chi connectivity index (χ4v) is 5.62. The van der Waals surface area contributed by atoms with E-state index in [-0.39, 0.29) is 6.04 Å². The Morgan fingerprint density at radius 2 is 1.50 bits per heavy atom. The minimum Gasteiger partial charge on any atom is -0.375 e. The molecule has 4 nitrogen and oxygen atoms in total. The zero-order valence-electron chi connectivity index (χ0n) is 23.0. The number of anilines is 3. The van der Waals surface area contributed by atoms with Crippen molar-refractivity contribution in [2.75, 3.05) is 16.9 Å². The van der Waals surface area contributed by atoms with Crippen molar-refractivity contribution in [1.82, 2.24) is 5.32 Å². The van der Waals surface area contributed by atoms with Crippen molar-refractivity contribution >= 4 is 17.1 Å². The van der Waals surface area contributed by atoms with E-state index >= 15 is 0 Å². The summed E-state index contributed by atoms with van der Waals surface area (Å²) >= 11 is 0. The van der Waals surface area contributed by atoms with Crippen molar-refractivity contribution < 1.29 is 0 Å². The Kier molecular flexibility index (Phi) is 7.26. The molecule has 4 aromatic rings. The second-order valence-corrected chi connectivity index (χ2v) is 10.6. The minimum atomic E-state index is 0.255. The topological polar surface area (TPSA) is 53.3 Å². The van der Waals surface area contributed by atoms with Crippen molar-refractivity contribution in [3.8, 4) is 0 Å². The van der Waals surface area contributed by atoms with Crippen molar-refractivity contribution in [3.63, 3.8) is 0 Å². The molecule has 1 aliphatic heterocycles. The average Bonchev–Trinajstić information content (AvgIpc) is 3.70. The van der Waals surface area contributed by atoms with Gasteiger partial charge in [-0.1, -0.05) is 91.5 Å². The van der Waals surface area contributed by atoms with Gasteiger partial charge in [0, 0.05) is 12.1 Å². The molecule has 1 atom stereocenters. The Hall–Kier alpha value is -4.54. The third kappa shape index (κ3) is 5.45. The molecule has 0 saturated carbocycles. The third-order valence-corrected chi connectivity index (χ3v) is 7.78. The van der Waals surface area contributed by atoms with Gasteiger partial charge in [0.15, 0.2) is 0 Å². The van der Waals surface area contributed by atoms with Gasteiger partial charge in [-0.25, -0.2) is 0 Å². The molecule has 4 N–H and O–H groups in total. The molecule has 6 rings (SSSR count). The van der Waals surface area contributed by atoms with Crippen LogP contribution in [0.5, 0.6) is 0 Å². The number of fused-ring (bicyclic) bond motifs is 2. The minimum absolute atomic E-state index is 0.255. The highest BCUT2D eigenvalue weighted by molar-refractivity contribution is 5.78. The number of allylic oxidation sites excluding steroid dienone is 2. The van der Waals surface area contributed by atoms with Crippen molar-refractivity contribution in [2.24, 2.45) is 5.73 Å². The molecule has 0 radical (unpaired) electrons. The summed E-state index contributed by atoms with van der Waals surface area (Å²) in [5.41, 5.74) is 18.6. The summed E-state index contributed by atoms with van der Waals surface area (Å²) in [6, 6.07) is 34.7. The number of hydrogen-bond donors (Lipinski definition) is 3. The second kappa shape index (κ2) is 11.3. The maximum atomic E-state index is 6.02. The summed E-state index contributed by atoms with van der Waals surface area (Å²) in [4.78, 5) is 2.28. The van der Waals surface area contributed by atoms with Crippen LogP contribution in [0.25, 0.3) is 0 Å². The molecule has 0 aromatic heterocycles. The van der Waals surface area contributed by atoms with Crippen LogP contribution in [0.3, 0.4) is 0 Å². The molecule has 200 valence electrons. The quantitative estimate of drug-likeness (QED) is 0.115. The lowest BCUT2D eigenvalue weighted by molar-refractivity contribution is 0.792. The van der Waals surface area contributed by atoms with Crippen molar-refractivity contribution in [1.29, 1.82) is 0 Å². The number of nitrogens with zero attached hydrogens (tertiary/aromatic N) is 1. The lowest BCUT2D eigenvalue weighted by Gasteiger charge is -2.35. The van der Waals surface area contributed by atoms with E-state index in [0.717, 1.165) is 30.7 Å². The molecule has 4 heteroatoms. The average molecular weight is 525 g/mol. The smallest absolute Gasteiger partial charge is 0.112 e. The van der Waals surface area contributed by atoms with Crippen LogP contribution < -0.4 is 21.3 Å². The van der Waals surface area contributed by atoms with Gasteiger partial charge in [0.25, 0.3) is 0 Å². The summed E-state index contributed by atoms with van der Waals surface area (Å²) in [5.74, 6) is 0.946. The number of aryl methyl sites for hydroxylation is 1. The maximum Gasteiger partial charge on any atom is 0.112 e. The zero-order chi connectivity index (χ0) is 27.5. The van der Waals surface area contributed by atoms with Crippen LogP contribution in [0.15, 0.2) is 133 Å². The summed E-state index contributed by atoms with van der Waals surface area (Å²) < 4.78 is 0. The van der Waals surface area contributed by atoms with Crippen LogP contribution in [0, 0.1) is 6.92 Å². The summed E-state index contributed by atoms with van der Waals surface area (Å²) in [5, 5.41) is 7.16. The number of benzene rings is 4. The van der Waals surface area contributed by atoms with E-state index in [1.807, 2.05) is 0 Å². The molecule has 1 heterocycles. The van der Waals surface area contributed by atoms with Crippen LogP contribution in [0.2, 0.25) is 0 Å². The van der Waals surface area contributed by atoms with Gasteiger partial charge in [0.05, 0.1) is 24.1 Å². The molecular weight excluding hydrogens is 488 g/mol. The fraction of sp³-hybridized carbons (Fsp3) is 0.167. The van der Waals surface area contributed by atoms with Gasteiger partial charge in [-0.3, -0.25) is 4.90 Å². The van der Waals surface area contributed by atoms with Crippen LogP contribution in [0.1, 0.15) is 34.2 Å². The first-order valence-electron chi connectivity index (χ1n) is 14.0. The van der Waals surface area contributed by atoms with Gasteiger partial charge in [-0.05, 0) is 83.0 Å². The first-order valence-corrected chi connectivity index (χ1v) is 14.0. The first-order chi connectivity index (χ1) is 19.6. The third-order valence-electron chi connectivity index (χ3n) is 7.78. The Labute approximate surface area is 237 Å². The molecule has 4 aromatic carbocycles. The lowest BCUT2D eigenvalue weighted by atomic mass is 9.95. The van der Waals surface area contributed by atoms with E-state index in [1.165, 1.54) is 50.5 Å². The van der Waals surface area contributed by atoms with E-state index in [0.29, 0.717) is 6.67 Å². The number of nitrogens with two attached hydrogens (primary N) is 1. The molecular formula is C36H36N4. The van der Waals surface area contributed by atoms with Crippen LogP contribution >= 0.6 is 0 Å². The Bertz CT molecular complexity index is 1570. The SMILES string of the molecule is C=C(/C=C(\NCN)N1c2ccccc2Cc2ccccc21)CC1=CC1Nc1ccccc1Cc1ccccc1C. The van der Waals surface area contributed by atoms with E-state index in [2.05, 4.69) is 138 Å². The molecule has 0 spiro atoms. The molecule has 0 amide bonds. The van der Waals surface area contributed by atoms with Gasteiger partial charge in [0.2, 0.25) is 0 Å². The Morgan fingerprint density at radius 1 is 0.875 bits per heavy atom. The normalized spacial score (nSPS) is 15.6. The number of para-hydroxylation sites is 3. The van der Waals surface area contributed by atoms with Crippen molar-refractivity contribution in [3.05, 3.63) is 161 Å². The lowest BCUT2D eigenvalue weighted by Crippen LogP contribution is -2.34. The van der Waals surface area contributed by atoms with Gasteiger partial charge in [-0.2, -0.15) is 0 Å². The molecule has 2 aliphatic rings. The van der Waals surface area contributed by atoms with E-state index in [1.54, 1.807) is 0 Å². The molecule has 0 bridgehead atoms. The van der Waals surface area contributed by atoms with Crippen LogP contribution in [-0.2, 0) is 12.8 Å². The van der Waals surface area contributed by atoms with Gasteiger partial charge in [0.1, 0.15) is 5.82 Å². The summed E-state index contributed by atoms with van der Waals surface area (Å²) in [7, 11) is 0. The maximum absolute atomic E-state index is 6.02. The molecule has 1 aliphatic carbocycles. The number of nitrogens with one attached hydrogen (secondary N) is 2. The highest BCUT2D eigenvalue weighted by Gasteiger charge is 2.27. The summed E-state index contributed by atoms with van der Waals surface area (Å²) in [6.45, 7) is 6.95. The van der Waals surface area contributed by atoms with Gasteiger partial charge >= 0.3 is 0 Å². The van der Waals surface area contributed by atoms with Crippen LogP contribution in [0.4, 0.5) is 17.1 Å². The number of rotatable bonds is 10. The largest absolute Gasteiger partial charge is 0.375 e. The predicted molar refractivity (Wildman–Crippen MR) is 168 cm³/mol. The fourth-order valence-electron chi connectivity index (χ4n) is 5.62. The monoisotopic (exact) mass is 524 g/mol. The zero-order valence-corrected chi connectivity index (χ0v) is 23.0. The van der Waals surface area contributed by atoms with E-state index < -0.39 is 0 Å². The summed E-state index contributed by atoms with van der Waals surface area (Å²) in [6.07, 6.45) is 7.09. The highest BCUT2D eigenvalue weighted by Crippen LogP contribution is 2.41. The van der Waals surface area contributed by atoms with Gasteiger partial charge in [-0.15, -0.1) is 0 Å². The Morgan fingerprint density at radius 3 is 2.20 bits per heavy atom. The van der Waals surface area contributed by atoms with Gasteiger partial charge < -0.3 is 16.4 Å². The standard InChI is InChI=1S/C36H36N4/c1-25(19-31-23-33(31)39-32-16-8-5-13-28(32)21-27-12-4-3-11-26(27)2)20-36(38-24-37)40-34-17-9-6-14-29(34)22-30-15-7-10-18-35(30)40/h3-18,20,23,33,38-39H,1,19,21-22,24,37H2,2H3/b36-20+. The van der Waals surface area contributed by atoms with Crippen molar-refractivity contribution in [2.45, 2.75) is 32.2 Å². The van der Waals surface area contributed by atoms with Crippen LogP contribution in [-0.4, -0.2) is 12.7 Å². The highest BCUT2D eigenvalue weighted by atomic mass is 15.3. The number of hydrogen-bond acceptors (Lipinski definition) is 4. The molecule has 40 heavy (non-hydrogen) atoms. The molecule has 0 fully saturated rings. The Balaban J connectivity index is 1.17. The molecule has 1 unspecified atom stereocenters. The second-order valence-electron chi connectivity index (χ2n) is 10.6. The predicted octanol–water partition coefficient (Wildman–Crippen LogP) is 7.34. The first kappa shape index (κ1) is 25.7. The van der Waals surface area contributed by atoms with E-state index in [4.69, 9.17) is 5.73 Å².